The minimum atomic E-state index is -0.274. The van der Waals surface area contributed by atoms with Crippen LogP contribution in [-0.2, 0) is 0 Å². The predicted molar refractivity (Wildman–Crippen MR) is 103 cm³/mol. The summed E-state index contributed by atoms with van der Waals surface area (Å²) in [5.41, 5.74) is 0.795. The Morgan fingerprint density at radius 1 is 0.864 bits per heavy atom. The molecule has 2 heteroatoms. The molecule has 3 atom stereocenters. The normalized spacial score (nSPS) is 25.3. The molecule has 0 radical (unpaired) electrons. The standard InChI is InChI=1S/C20H25PS/c1-16-10-9-15-19(22-2)20(16)21(17-11-5-3-6-12-17)18-13-7-4-8-14-18/h3-8,11-14,16,19-20H,9-10,15H2,1-2H3/t16-,19?,20-/m0/s1. The molecule has 116 valence electrons. The van der Waals surface area contributed by atoms with E-state index >= 15 is 0 Å². The summed E-state index contributed by atoms with van der Waals surface area (Å²) in [6.07, 6.45) is 6.48. The first-order valence-corrected chi connectivity index (χ1v) is 10.9. The summed E-state index contributed by atoms with van der Waals surface area (Å²) in [5.74, 6) is 0.817. The Kier molecular flexibility index (Phi) is 5.61. The molecule has 0 spiro atoms. The maximum atomic E-state index is 2.48. The third-order valence-electron chi connectivity index (χ3n) is 4.78. The predicted octanol–water partition coefficient (Wildman–Crippen LogP) is 5.04. The summed E-state index contributed by atoms with van der Waals surface area (Å²) >= 11 is 2.09. The molecular weight excluding hydrogens is 303 g/mol. The third kappa shape index (κ3) is 3.42. The van der Waals surface area contributed by atoms with Gasteiger partial charge < -0.3 is 0 Å². The molecule has 0 heterocycles. The molecule has 2 aromatic rings. The lowest BCUT2D eigenvalue weighted by atomic mass is 9.90. The number of benzene rings is 2. The molecule has 1 fully saturated rings. The van der Waals surface area contributed by atoms with Crippen molar-refractivity contribution in [3.8, 4) is 0 Å². The lowest BCUT2D eigenvalue weighted by Gasteiger charge is -2.41. The van der Waals surface area contributed by atoms with Crippen LogP contribution in [0.4, 0.5) is 0 Å². The van der Waals surface area contributed by atoms with Crippen LogP contribution in [0.5, 0.6) is 0 Å². The van der Waals surface area contributed by atoms with Crippen LogP contribution in [-0.4, -0.2) is 17.2 Å². The van der Waals surface area contributed by atoms with Crippen molar-refractivity contribution in [2.75, 3.05) is 6.26 Å². The molecular formula is C20H25PS. The highest BCUT2D eigenvalue weighted by atomic mass is 32.2. The fraction of sp³-hybridized carbons (Fsp3) is 0.400. The van der Waals surface area contributed by atoms with Gasteiger partial charge in [-0.05, 0) is 37.1 Å². The van der Waals surface area contributed by atoms with E-state index in [2.05, 4.69) is 85.6 Å². The molecule has 0 N–H and O–H groups in total. The van der Waals surface area contributed by atoms with Crippen molar-refractivity contribution in [3.63, 3.8) is 0 Å². The first-order chi connectivity index (χ1) is 10.8. The topological polar surface area (TPSA) is 0 Å². The van der Waals surface area contributed by atoms with Crippen molar-refractivity contribution in [1.82, 2.24) is 0 Å². The molecule has 0 nitrogen and oxygen atoms in total. The van der Waals surface area contributed by atoms with Crippen LogP contribution in [0.2, 0.25) is 0 Å². The van der Waals surface area contributed by atoms with Crippen molar-refractivity contribution in [2.45, 2.75) is 37.1 Å². The fourth-order valence-electron chi connectivity index (χ4n) is 3.70. The molecule has 0 amide bonds. The number of hydrogen-bond donors (Lipinski definition) is 0. The Hall–Kier alpha value is -0.780. The van der Waals surface area contributed by atoms with E-state index in [4.69, 9.17) is 0 Å². The quantitative estimate of drug-likeness (QED) is 0.709. The van der Waals surface area contributed by atoms with Crippen LogP contribution in [0.25, 0.3) is 0 Å². The second kappa shape index (κ2) is 7.66. The van der Waals surface area contributed by atoms with Gasteiger partial charge in [-0.25, -0.2) is 0 Å². The van der Waals surface area contributed by atoms with Gasteiger partial charge in [-0.3, -0.25) is 0 Å². The number of thioether (sulfide) groups is 1. The Morgan fingerprint density at radius 3 is 1.91 bits per heavy atom. The summed E-state index contributed by atoms with van der Waals surface area (Å²) in [6, 6.07) is 22.5. The summed E-state index contributed by atoms with van der Waals surface area (Å²) in [7, 11) is -0.274. The maximum absolute atomic E-state index is 2.48. The van der Waals surface area contributed by atoms with Gasteiger partial charge in [0.2, 0.25) is 0 Å². The second-order valence-electron chi connectivity index (χ2n) is 6.21. The zero-order valence-corrected chi connectivity index (χ0v) is 15.2. The van der Waals surface area contributed by atoms with Crippen LogP contribution >= 0.6 is 19.7 Å². The Bertz CT molecular complexity index is 529. The summed E-state index contributed by atoms with van der Waals surface area (Å²) < 4.78 is 0. The minimum absolute atomic E-state index is 0.274. The lowest BCUT2D eigenvalue weighted by molar-refractivity contribution is 0.404. The number of hydrogen-bond acceptors (Lipinski definition) is 1. The van der Waals surface area contributed by atoms with E-state index in [1.165, 1.54) is 19.3 Å². The van der Waals surface area contributed by atoms with E-state index in [1.54, 1.807) is 10.6 Å². The minimum Gasteiger partial charge on any atom is -0.161 e. The van der Waals surface area contributed by atoms with Crippen LogP contribution < -0.4 is 10.6 Å². The van der Waals surface area contributed by atoms with Crippen molar-refractivity contribution in [1.29, 1.82) is 0 Å². The maximum Gasteiger partial charge on any atom is 0.0120 e. The van der Waals surface area contributed by atoms with Crippen molar-refractivity contribution in [2.24, 2.45) is 5.92 Å². The van der Waals surface area contributed by atoms with Crippen LogP contribution in [0, 0.1) is 5.92 Å². The van der Waals surface area contributed by atoms with E-state index in [-0.39, 0.29) is 7.92 Å². The SMILES string of the molecule is CSC1CCC[C@H](C)[C@@H]1P(c1ccccc1)c1ccccc1. The summed E-state index contributed by atoms with van der Waals surface area (Å²) in [4.78, 5) is 0. The number of rotatable bonds is 4. The summed E-state index contributed by atoms with van der Waals surface area (Å²) in [5, 5.41) is 3.89. The van der Waals surface area contributed by atoms with Crippen LogP contribution in [0.15, 0.2) is 60.7 Å². The van der Waals surface area contributed by atoms with E-state index in [1.807, 2.05) is 0 Å². The van der Waals surface area contributed by atoms with Crippen molar-refractivity contribution >= 4 is 30.3 Å². The highest BCUT2D eigenvalue weighted by Gasteiger charge is 2.37. The molecule has 0 bridgehead atoms. The first-order valence-electron chi connectivity index (χ1n) is 8.23. The van der Waals surface area contributed by atoms with Gasteiger partial charge in [0.15, 0.2) is 0 Å². The molecule has 1 saturated carbocycles. The van der Waals surface area contributed by atoms with E-state index < -0.39 is 0 Å². The van der Waals surface area contributed by atoms with E-state index in [0.717, 1.165) is 16.8 Å². The molecule has 22 heavy (non-hydrogen) atoms. The molecule has 0 saturated heterocycles. The van der Waals surface area contributed by atoms with E-state index in [0.29, 0.717) is 0 Å². The summed E-state index contributed by atoms with van der Waals surface area (Å²) in [6.45, 7) is 2.48. The zero-order valence-electron chi connectivity index (χ0n) is 13.5. The molecule has 3 rings (SSSR count). The molecule has 1 aliphatic rings. The fourth-order valence-corrected chi connectivity index (χ4v) is 8.49. The van der Waals surface area contributed by atoms with Gasteiger partial charge in [-0.15, -0.1) is 0 Å². The smallest absolute Gasteiger partial charge is 0.0120 e. The second-order valence-corrected chi connectivity index (χ2v) is 9.66. The average molecular weight is 328 g/mol. The molecule has 1 aliphatic carbocycles. The van der Waals surface area contributed by atoms with Gasteiger partial charge in [0, 0.05) is 10.9 Å². The van der Waals surface area contributed by atoms with Crippen LogP contribution in [0.3, 0.4) is 0 Å². The van der Waals surface area contributed by atoms with Gasteiger partial charge >= 0.3 is 0 Å². The lowest BCUT2D eigenvalue weighted by Crippen LogP contribution is -2.37. The van der Waals surface area contributed by atoms with Crippen molar-refractivity contribution < 1.29 is 0 Å². The average Bonchev–Trinajstić information content (AvgIpc) is 2.58. The Balaban J connectivity index is 2.04. The van der Waals surface area contributed by atoms with Crippen LogP contribution in [0.1, 0.15) is 26.2 Å². The van der Waals surface area contributed by atoms with Crippen molar-refractivity contribution in [3.05, 3.63) is 60.7 Å². The van der Waals surface area contributed by atoms with Gasteiger partial charge in [0.25, 0.3) is 0 Å². The molecule has 1 unspecified atom stereocenters. The van der Waals surface area contributed by atoms with E-state index in [9.17, 15) is 0 Å². The zero-order chi connectivity index (χ0) is 15.4. The monoisotopic (exact) mass is 328 g/mol. The van der Waals surface area contributed by atoms with Gasteiger partial charge in [-0.1, -0.05) is 80.4 Å². The highest BCUT2D eigenvalue weighted by Crippen LogP contribution is 2.51. The highest BCUT2D eigenvalue weighted by molar-refractivity contribution is 7.99. The molecule has 2 aromatic carbocycles. The first kappa shape index (κ1) is 16.1. The third-order valence-corrected chi connectivity index (χ3v) is 9.29. The molecule has 0 aromatic heterocycles. The largest absolute Gasteiger partial charge is 0.161 e. The Morgan fingerprint density at radius 2 is 1.41 bits per heavy atom. The van der Waals surface area contributed by atoms with Gasteiger partial charge in [-0.2, -0.15) is 11.8 Å². The molecule has 0 aliphatic heterocycles. The van der Waals surface area contributed by atoms with Gasteiger partial charge in [0.05, 0.1) is 0 Å². The van der Waals surface area contributed by atoms with Gasteiger partial charge in [0.1, 0.15) is 0 Å². The Labute approximate surface area is 140 Å².